The average molecular weight is 536 g/mol. The molecule has 3 aromatic rings. The van der Waals surface area contributed by atoms with E-state index in [1.165, 1.54) is 15.2 Å². The number of rotatable bonds is 5. The second-order valence-electron chi connectivity index (χ2n) is 9.79. The van der Waals surface area contributed by atoms with Crippen molar-refractivity contribution in [2.24, 2.45) is 7.05 Å². The minimum Gasteiger partial charge on any atom is -0.477 e. The Kier molecular flexibility index (Phi) is 6.50. The zero-order valence-corrected chi connectivity index (χ0v) is 21.0. The van der Waals surface area contributed by atoms with E-state index in [2.05, 4.69) is 5.32 Å². The third-order valence-electron chi connectivity index (χ3n) is 7.56. The third-order valence-corrected chi connectivity index (χ3v) is 7.56. The number of hydrogen-bond donors (Lipinski definition) is 2. The van der Waals surface area contributed by atoms with Gasteiger partial charge in [0.2, 0.25) is 11.8 Å². The molecule has 0 bridgehead atoms. The number of carboxylic acids is 1. The summed E-state index contributed by atoms with van der Waals surface area (Å²) in [5.74, 6) is -2.63. The van der Waals surface area contributed by atoms with Crippen LogP contribution in [0.4, 0.5) is 5.69 Å². The summed E-state index contributed by atoms with van der Waals surface area (Å²) in [7, 11) is 1.63. The van der Waals surface area contributed by atoms with Gasteiger partial charge < -0.3 is 10.0 Å². The molecule has 13 nitrogen and oxygen atoms in total. The van der Waals surface area contributed by atoms with Crippen LogP contribution in [0.15, 0.2) is 41.2 Å². The minimum atomic E-state index is -1.48. The van der Waals surface area contributed by atoms with E-state index in [-0.39, 0.29) is 35.9 Å². The fourth-order valence-corrected chi connectivity index (χ4v) is 5.46. The second-order valence-corrected chi connectivity index (χ2v) is 9.79. The van der Waals surface area contributed by atoms with Crippen LogP contribution in [0.3, 0.4) is 0 Å². The average Bonchev–Trinajstić information content (AvgIpc) is 3.17. The molecule has 0 saturated carbocycles. The van der Waals surface area contributed by atoms with Crippen LogP contribution < -0.4 is 11.0 Å². The Hall–Kier alpha value is -4.81. The number of carboxylic acid groups (broad SMARTS) is 1. The van der Waals surface area contributed by atoms with Crippen LogP contribution in [-0.2, 0) is 16.6 Å². The Balaban J connectivity index is 1.34. The molecule has 5 rings (SSSR count). The predicted octanol–water partition coefficient (Wildman–Crippen LogP) is 1.94. The van der Waals surface area contributed by atoms with Crippen molar-refractivity contribution < 1.29 is 29.2 Å². The number of nitro groups is 1. The fraction of sp³-hybridized carbons (Fsp3) is 0.346. The molecule has 13 heteroatoms. The highest BCUT2D eigenvalue weighted by atomic mass is 16.6. The number of imide groups is 1. The second kappa shape index (κ2) is 9.82. The van der Waals surface area contributed by atoms with Crippen molar-refractivity contribution in [2.75, 3.05) is 13.1 Å². The zero-order valence-electron chi connectivity index (χ0n) is 21.0. The normalized spacial score (nSPS) is 18.3. The molecule has 2 aromatic carbocycles. The van der Waals surface area contributed by atoms with Gasteiger partial charge in [-0.15, -0.1) is 0 Å². The Morgan fingerprint density at radius 2 is 1.74 bits per heavy atom. The standard InChI is InChI=1S/C26H25N5O8/c1-28-21-13-15(2-5-19(21)30(26(28)37)20-6-7-22(32)27-23(20)33)14-8-10-29(11-9-14)24(34)16-3-4-18(31(38)39)17(12-16)25(35)36/h2-5,12-14,20H,6-11H2,1H3,(H,35,36)(H,27,32,33). The molecule has 0 aliphatic carbocycles. The van der Waals surface area contributed by atoms with Crippen LogP contribution >= 0.6 is 0 Å². The molecule has 2 aliphatic rings. The minimum absolute atomic E-state index is 0.0719. The summed E-state index contributed by atoms with van der Waals surface area (Å²) in [5.41, 5.74) is 0.851. The van der Waals surface area contributed by atoms with E-state index >= 15 is 0 Å². The maximum Gasteiger partial charge on any atom is 0.342 e. The van der Waals surface area contributed by atoms with E-state index in [1.807, 2.05) is 12.1 Å². The van der Waals surface area contributed by atoms with Crippen molar-refractivity contribution in [3.05, 3.63) is 73.7 Å². The molecule has 1 atom stereocenters. The summed E-state index contributed by atoms with van der Waals surface area (Å²) in [6, 6.07) is 8.19. The molecule has 39 heavy (non-hydrogen) atoms. The number of benzene rings is 2. The number of hydrogen-bond acceptors (Lipinski definition) is 7. The van der Waals surface area contributed by atoms with Crippen LogP contribution in [0, 0.1) is 10.1 Å². The molecule has 202 valence electrons. The number of fused-ring (bicyclic) bond motifs is 1. The Morgan fingerprint density at radius 3 is 2.38 bits per heavy atom. The molecule has 3 heterocycles. The van der Waals surface area contributed by atoms with E-state index in [9.17, 15) is 39.2 Å². The Labute approximate surface area is 220 Å². The maximum absolute atomic E-state index is 13.0. The number of carbonyl (C=O) groups is 4. The number of carbonyl (C=O) groups excluding carboxylic acids is 3. The predicted molar refractivity (Wildman–Crippen MR) is 137 cm³/mol. The topological polar surface area (TPSA) is 174 Å². The number of aromatic nitrogens is 2. The van der Waals surface area contributed by atoms with Gasteiger partial charge in [0.1, 0.15) is 11.6 Å². The lowest BCUT2D eigenvalue weighted by Crippen LogP contribution is -2.44. The fourth-order valence-electron chi connectivity index (χ4n) is 5.46. The number of aryl methyl sites for hydroxylation is 1. The summed E-state index contributed by atoms with van der Waals surface area (Å²) in [6.45, 7) is 0.800. The van der Waals surface area contributed by atoms with E-state index in [0.29, 0.717) is 37.0 Å². The van der Waals surface area contributed by atoms with E-state index in [0.717, 1.165) is 17.7 Å². The molecule has 1 aromatic heterocycles. The van der Waals surface area contributed by atoms with Crippen molar-refractivity contribution in [3.63, 3.8) is 0 Å². The van der Waals surface area contributed by atoms with Gasteiger partial charge in [-0.2, -0.15) is 0 Å². The first-order valence-corrected chi connectivity index (χ1v) is 12.4. The smallest absolute Gasteiger partial charge is 0.342 e. The molecule has 2 saturated heterocycles. The molecule has 2 N–H and O–H groups in total. The largest absolute Gasteiger partial charge is 0.477 e. The molecular formula is C26H25N5O8. The first kappa shape index (κ1) is 25.8. The van der Waals surface area contributed by atoms with Crippen molar-refractivity contribution in [2.45, 2.75) is 37.6 Å². The van der Waals surface area contributed by atoms with Crippen molar-refractivity contribution >= 4 is 40.4 Å². The van der Waals surface area contributed by atoms with Crippen LogP contribution in [0.1, 0.15) is 63.9 Å². The lowest BCUT2D eigenvalue weighted by Gasteiger charge is -2.32. The molecule has 3 amide bonds. The third kappa shape index (κ3) is 4.56. The lowest BCUT2D eigenvalue weighted by molar-refractivity contribution is -0.385. The van der Waals surface area contributed by atoms with Crippen LogP contribution in [0.5, 0.6) is 0 Å². The van der Waals surface area contributed by atoms with Gasteiger partial charge in [-0.25, -0.2) is 9.59 Å². The van der Waals surface area contributed by atoms with Gasteiger partial charge in [-0.3, -0.25) is 38.9 Å². The van der Waals surface area contributed by atoms with Crippen LogP contribution in [0.2, 0.25) is 0 Å². The Morgan fingerprint density at radius 1 is 1.03 bits per heavy atom. The van der Waals surface area contributed by atoms with Gasteiger partial charge >= 0.3 is 11.7 Å². The summed E-state index contributed by atoms with van der Waals surface area (Å²) >= 11 is 0. The molecular weight excluding hydrogens is 510 g/mol. The molecule has 2 fully saturated rings. The van der Waals surface area contributed by atoms with Gasteiger partial charge in [-0.1, -0.05) is 6.07 Å². The number of nitrogens with one attached hydrogen (secondary N) is 1. The van der Waals surface area contributed by atoms with E-state index < -0.39 is 40.0 Å². The number of aromatic carboxylic acids is 1. The van der Waals surface area contributed by atoms with Crippen LogP contribution in [0.25, 0.3) is 11.0 Å². The van der Waals surface area contributed by atoms with Gasteiger partial charge in [0.05, 0.1) is 16.0 Å². The number of amides is 3. The van der Waals surface area contributed by atoms with Gasteiger partial charge in [-0.05, 0) is 55.0 Å². The first-order chi connectivity index (χ1) is 18.6. The molecule has 1 unspecified atom stereocenters. The highest BCUT2D eigenvalue weighted by molar-refractivity contribution is 6.00. The van der Waals surface area contributed by atoms with E-state index in [1.54, 1.807) is 18.0 Å². The molecule has 0 spiro atoms. The Bertz CT molecular complexity index is 1610. The zero-order chi connectivity index (χ0) is 28.0. The molecule has 0 radical (unpaired) electrons. The number of nitrogens with zero attached hydrogens (tertiary/aromatic N) is 4. The first-order valence-electron chi connectivity index (χ1n) is 12.4. The number of nitro benzene ring substituents is 1. The van der Waals surface area contributed by atoms with Crippen LogP contribution in [-0.4, -0.2) is 60.8 Å². The SMILES string of the molecule is Cn1c(=O)n(C2CCC(=O)NC2=O)c2ccc(C3CCN(C(=O)c4ccc([N+](=O)[O-])c(C(=O)O)c4)CC3)cc21. The van der Waals surface area contributed by atoms with Crippen molar-refractivity contribution in [1.29, 1.82) is 0 Å². The summed E-state index contributed by atoms with van der Waals surface area (Å²) in [6.07, 6.45) is 1.66. The van der Waals surface area contributed by atoms with E-state index in [4.69, 9.17) is 0 Å². The summed E-state index contributed by atoms with van der Waals surface area (Å²) in [5, 5.41) is 22.7. The maximum atomic E-state index is 13.0. The van der Waals surface area contributed by atoms with Gasteiger partial charge in [0.25, 0.3) is 11.6 Å². The lowest BCUT2D eigenvalue weighted by atomic mass is 9.89. The number of imidazole rings is 1. The quantitative estimate of drug-likeness (QED) is 0.283. The number of likely N-dealkylation sites (tertiary alicyclic amines) is 1. The molecule has 2 aliphatic heterocycles. The van der Waals surface area contributed by atoms with Gasteiger partial charge in [0.15, 0.2) is 0 Å². The summed E-state index contributed by atoms with van der Waals surface area (Å²) < 4.78 is 2.91. The highest BCUT2D eigenvalue weighted by Gasteiger charge is 2.32. The van der Waals surface area contributed by atoms with Crippen molar-refractivity contribution in [1.82, 2.24) is 19.4 Å². The number of piperidine rings is 2. The highest BCUT2D eigenvalue weighted by Crippen LogP contribution is 2.32. The monoisotopic (exact) mass is 535 g/mol. The summed E-state index contributed by atoms with van der Waals surface area (Å²) in [4.78, 5) is 73.4. The van der Waals surface area contributed by atoms with Gasteiger partial charge in [0, 0.05) is 38.2 Å². The van der Waals surface area contributed by atoms with Crippen molar-refractivity contribution in [3.8, 4) is 0 Å².